The van der Waals surface area contributed by atoms with Crippen LogP contribution in [0.4, 0.5) is 13.2 Å². The summed E-state index contributed by atoms with van der Waals surface area (Å²) in [7, 11) is 0. The number of Topliss-reactive ketones (excluding diaryl/α,β-unsaturated/α-hetero) is 2. The number of fused-ring (bicyclic) bond motifs is 3. The lowest BCUT2D eigenvalue weighted by Crippen LogP contribution is -2.03. The second kappa shape index (κ2) is 7.44. The van der Waals surface area contributed by atoms with Crippen molar-refractivity contribution in [3.8, 4) is 10.4 Å². The second-order valence-electron chi connectivity index (χ2n) is 7.87. The van der Waals surface area contributed by atoms with Gasteiger partial charge in [-0.15, -0.1) is 22.7 Å². The fourth-order valence-corrected chi connectivity index (χ4v) is 6.22. The van der Waals surface area contributed by atoms with E-state index in [9.17, 15) is 22.8 Å². The Kier molecular flexibility index (Phi) is 4.59. The number of hydrogen-bond donors (Lipinski definition) is 0. The lowest BCUT2D eigenvalue weighted by molar-refractivity contribution is -0.137. The van der Waals surface area contributed by atoms with Gasteiger partial charge in [-0.25, -0.2) is 4.98 Å². The summed E-state index contributed by atoms with van der Waals surface area (Å²) >= 11 is 2.68. The van der Waals surface area contributed by atoms with E-state index in [0.717, 1.165) is 32.5 Å². The van der Waals surface area contributed by atoms with Crippen molar-refractivity contribution in [2.75, 3.05) is 0 Å². The summed E-state index contributed by atoms with van der Waals surface area (Å²) in [5.41, 5.74) is 0.874. The van der Waals surface area contributed by atoms with Crippen LogP contribution < -0.4 is 0 Å². The lowest BCUT2D eigenvalue weighted by atomic mass is 10.0. The summed E-state index contributed by atoms with van der Waals surface area (Å²) in [6.07, 6.45) is -2.84. The highest BCUT2D eigenvalue weighted by molar-refractivity contribution is 7.29. The van der Waals surface area contributed by atoms with E-state index in [0.29, 0.717) is 26.5 Å². The van der Waals surface area contributed by atoms with Gasteiger partial charge >= 0.3 is 6.18 Å². The van der Waals surface area contributed by atoms with E-state index in [1.54, 1.807) is 12.1 Å². The number of thiazole rings is 1. The number of alkyl halides is 3. The molecule has 166 valence electrons. The van der Waals surface area contributed by atoms with Crippen LogP contribution in [-0.2, 0) is 6.18 Å². The first-order chi connectivity index (χ1) is 16.3. The number of halogens is 3. The standard InChI is InChI=1S/C26H12F3NO2S2/c27-26(28,29)16-7-5-13(6-8-16)20-12-21-25(34-20)30-22(33-21)11-19-23(31)17-9-14-3-1-2-4-15(14)10-18(17)24(19)32/h1-12H. The van der Waals surface area contributed by atoms with E-state index in [-0.39, 0.29) is 17.1 Å². The molecule has 0 spiro atoms. The van der Waals surface area contributed by atoms with Gasteiger partial charge in [-0.2, -0.15) is 13.2 Å². The molecule has 1 aliphatic rings. The molecule has 6 rings (SSSR count). The van der Waals surface area contributed by atoms with E-state index >= 15 is 0 Å². The summed E-state index contributed by atoms with van der Waals surface area (Å²) in [6, 6.07) is 17.9. The molecule has 0 radical (unpaired) electrons. The highest BCUT2D eigenvalue weighted by Crippen LogP contribution is 2.39. The van der Waals surface area contributed by atoms with E-state index in [1.165, 1.54) is 40.9 Å². The number of carbonyl (C=O) groups is 2. The van der Waals surface area contributed by atoms with Crippen LogP contribution in [-0.4, -0.2) is 16.6 Å². The molecule has 0 aliphatic heterocycles. The zero-order valence-corrected chi connectivity index (χ0v) is 18.8. The number of nitrogens with zero attached hydrogens (tertiary/aromatic N) is 1. The molecule has 3 aromatic carbocycles. The molecule has 0 fully saturated rings. The molecule has 2 heterocycles. The third-order valence-corrected chi connectivity index (χ3v) is 7.89. The van der Waals surface area contributed by atoms with E-state index < -0.39 is 11.7 Å². The summed E-state index contributed by atoms with van der Waals surface area (Å²) in [5, 5.41) is 2.33. The average Bonchev–Trinajstić information content (AvgIpc) is 3.45. The van der Waals surface area contributed by atoms with Crippen molar-refractivity contribution in [1.82, 2.24) is 4.98 Å². The van der Waals surface area contributed by atoms with Gasteiger partial charge in [0.15, 0.2) is 11.6 Å². The van der Waals surface area contributed by atoms with Crippen molar-refractivity contribution in [3.63, 3.8) is 0 Å². The molecule has 0 atom stereocenters. The van der Waals surface area contributed by atoms with Crippen LogP contribution in [0.5, 0.6) is 0 Å². The Hall–Kier alpha value is -3.62. The number of aromatic nitrogens is 1. The fourth-order valence-electron chi connectivity index (χ4n) is 4.04. The van der Waals surface area contributed by atoms with E-state index in [1.807, 2.05) is 30.3 Å². The largest absolute Gasteiger partial charge is 0.416 e. The Bertz CT molecular complexity index is 1590. The number of thiophene rings is 1. The van der Waals surface area contributed by atoms with Crippen LogP contribution in [0.1, 0.15) is 31.3 Å². The summed E-state index contributed by atoms with van der Waals surface area (Å²) in [5.74, 6) is -0.621. The van der Waals surface area contributed by atoms with E-state index in [4.69, 9.17) is 0 Å². The lowest BCUT2D eigenvalue weighted by Gasteiger charge is -2.06. The second-order valence-corrected chi connectivity index (χ2v) is 9.96. The summed E-state index contributed by atoms with van der Waals surface area (Å²) in [4.78, 5) is 32.0. The number of allylic oxidation sites excluding steroid dienone is 1. The molecule has 5 aromatic rings. The van der Waals surface area contributed by atoms with Gasteiger partial charge in [0.1, 0.15) is 9.84 Å². The quantitative estimate of drug-likeness (QED) is 0.188. The van der Waals surface area contributed by atoms with Crippen LogP contribution in [0.25, 0.3) is 36.8 Å². The molecular weight excluding hydrogens is 479 g/mol. The van der Waals surface area contributed by atoms with Crippen LogP contribution in [0.15, 0.2) is 72.3 Å². The van der Waals surface area contributed by atoms with Gasteiger partial charge in [0.25, 0.3) is 0 Å². The zero-order valence-electron chi connectivity index (χ0n) is 17.1. The molecule has 0 N–H and O–H groups in total. The first-order valence-electron chi connectivity index (χ1n) is 10.2. The number of rotatable bonds is 2. The maximum atomic E-state index is 13.0. The van der Waals surface area contributed by atoms with Crippen molar-refractivity contribution in [3.05, 3.63) is 94.0 Å². The van der Waals surface area contributed by atoms with Gasteiger partial charge in [0, 0.05) is 16.0 Å². The zero-order chi connectivity index (χ0) is 23.6. The molecule has 3 nitrogen and oxygen atoms in total. The Balaban J connectivity index is 1.32. The van der Waals surface area contributed by atoms with Crippen LogP contribution in [0.2, 0.25) is 0 Å². The summed E-state index contributed by atoms with van der Waals surface area (Å²) in [6.45, 7) is 0. The van der Waals surface area contributed by atoms with Crippen molar-refractivity contribution in [2.45, 2.75) is 6.18 Å². The maximum absolute atomic E-state index is 13.0. The minimum Gasteiger partial charge on any atom is -0.288 e. The van der Waals surface area contributed by atoms with Gasteiger partial charge in [-0.1, -0.05) is 36.4 Å². The minimum absolute atomic E-state index is 0.0923. The minimum atomic E-state index is -4.38. The predicted molar refractivity (Wildman–Crippen MR) is 129 cm³/mol. The molecule has 0 saturated heterocycles. The van der Waals surface area contributed by atoms with Gasteiger partial charge in [-0.3, -0.25) is 9.59 Å². The normalized spacial score (nSPS) is 13.8. The molecule has 8 heteroatoms. The predicted octanol–water partition coefficient (Wildman–Crippen LogP) is 7.66. The van der Waals surface area contributed by atoms with Gasteiger partial charge in [-0.05, 0) is 52.7 Å². The monoisotopic (exact) mass is 491 g/mol. The first kappa shape index (κ1) is 20.9. The third kappa shape index (κ3) is 3.38. The Morgan fingerprint density at radius 1 is 0.794 bits per heavy atom. The third-order valence-electron chi connectivity index (χ3n) is 5.73. The number of hydrogen-bond acceptors (Lipinski definition) is 5. The van der Waals surface area contributed by atoms with Gasteiger partial charge in [0.05, 0.1) is 15.8 Å². The van der Waals surface area contributed by atoms with E-state index in [2.05, 4.69) is 4.98 Å². The fraction of sp³-hybridized carbons (Fsp3) is 0.0385. The van der Waals surface area contributed by atoms with Crippen LogP contribution in [0, 0.1) is 0 Å². The first-order valence-corrected chi connectivity index (χ1v) is 11.8. The van der Waals surface area contributed by atoms with Crippen molar-refractivity contribution < 1.29 is 22.8 Å². The van der Waals surface area contributed by atoms with Crippen molar-refractivity contribution in [2.24, 2.45) is 0 Å². The number of ketones is 2. The Morgan fingerprint density at radius 3 is 1.97 bits per heavy atom. The average molecular weight is 492 g/mol. The molecule has 2 aromatic heterocycles. The van der Waals surface area contributed by atoms with Gasteiger partial charge in [0.2, 0.25) is 0 Å². The highest BCUT2D eigenvalue weighted by atomic mass is 32.1. The topological polar surface area (TPSA) is 47.0 Å². The highest BCUT2D eigenvalue weighted by Gasteiger charge is 2.34. The van der Waals surface area contributed by atoms with Crippen LogP contribution >= 0.6 is 22.7 Å². The SMILES string of the molecule is O=C1C(=Cc2nc3sc(-c4ccc(C(F)(F)F)cc4)cc3s2)C(=O)c2cc3ccccc3cc21. The Morgan fingerprint density at radius 2 is 1.41 bits per heavy atom. The molecule has 1 aliphatic carbocycles. The number of carbonyl (C=O) groups excluding carboxylic acids is 2. The molecule has 0 unspecified atom stereocenters. The van der Waals surface area contributed by atoms with Crippen molar-refractivity contribution >= 4 is 60.6 Å². The molecule has 0 saturated carbocycles. The maximum Gasteiger partial charge on any atom is 0.416 e. The molecule has 34 heavy (non-hydrogen) atoms. The Labute approximate surface area is 198 Å². The summed E-state index contributed by atoms with van der Waals surface area (Å²) < 4.78 is 39.3. The number of benzene rings is 3. The van der Waals surface area contributed by atoms with Gasteiger partial charge < -0.3 is 0 Å². The van der Waals surface area contributed by atoms with Crippen molar-refractivity contribution in [1.29, 1.82) is 0 Å². The molecular formula is C26H12F3NO2S2. The molecule has 0 bridgehead atoms. The van der Waals surface area contributed by atoms with Crippen LogP contribution in [0.3, 0.4) is 0 Å². The smallest absolute Gasteiger partial charge is 0.288 e. The molecule has 0 amide bonds.